The van der Waals surface area contributed by atoms with Crippen molar-refractivity contribution in [2.75, 3.05) is 46.2 Å². The van der Waals surface area contributed by atoms with Crippen molar-refractivity contribution < 1.29 is 60.8 Å². The molecule has 2 aliphatic rings. The summed E-state index contributed by atoms with van der Waals surface area (Å²) in [7, 11) is 0. The van der Waals surface area contributed by atoms with Gasteiger partial charge >= 0.3 is 6.18 Å². The molecule has 5 amide bonds. The minimum atomic E-state index is -4.54. The highest BCUT2D eigenvalue weighted by Gasteiger charge is 2.44. The summed E-state index contributed by atoms with van der Waals surface area (Å²) in [6.07, 6.45) is -2.01. The molecule has 2 N–H and O–H groups in total. The maximum absolute atomic E-state index is 12.9. The van der Waals surface area contributed by atoms with Gasteiger partial charge in [-0.25, -0.2) is 0 Å². The average molecular weight is 715 g/mol. The lowest BCUT2D eigenvalue weighted by Gasteiger charge is -2.27. The number of fused-ring (bicyclic) bond motifs is 1. The Balaban J connectivity index is 0.886. The van der Waals surface area contributed by atoms with E-state index in [1.54, 1.807) is 6.07 Å². The number of aromatic nitrogens is 1. The van der Waals surface area contributed by atoms with E-state index < -0.39 is 41.4 Å². The summed E-state index contributed by atoms with van der Waals surface area (Å²) in [6, 6.07) is 10.3. The van der Waals surface area contributed by atoms with Crippen LogP contribution in [-0.4, -0.2) is 91.6 Å². The molecule has 1 aromatic heterocycles. The maximum atomic E-state index is 12.9. The standard InChI is InChI=1S/C34H33F3N4O10/c35-34(36,37)21-16-25(19-38-18-21)51-23-4-2-22(3-5-23)50-20-30(43)39-10-1-11-47-12-13-48-14-15-49-24-6-7-26-27(17-24)33(46)41(32(26)45)28-8-9-29(42)40-31(28)44/h2-7,16-19,28H,1,8-15,20H2,(H,39,43)(H,40,42,44). The number of carbonyl (C=O) groups is 5. The van der Waals surface area contributed by atoms with Crippen LogP contribution in [0.1, 0.15) is 45.5 Å². The van der Waals surface area contributed by atoms with Crippen LogP contribution in [-0.2, 0) is 30.0 Å². The van der Waals surface area contributed by atoms with Crippen LogP contribution in [0.3, 0.4) is 0 Å². The molecule has 270 valence electrons. The molecule has 1 atom stereocenters. The SMILES string of the molecule is O=C(COc1ccc(Oc2cncc(C(F)(F)F)c2)cc1)NCCCOCCOCCOc1ccc2c(c1)C(=O)N(C1CCC(=O)NC1=O)C2=O. The highest BCUT2D eigenvalue weighted by molar-refractivity contribution is 6.23. The molecule has 1 unspecified atom stereocenters. The Labute approximate surface area is 289 Å². The number of hydrogen-bond acceptors (Lipinski definition) is 11. The number of rotatable bonds is 17. The number of nitrogens with one attached hydrogen (secondary N) is 2. The third-order valence-electron chi connectivity index (χ3n) is 7.54. The van der Waals surface area contributed by atoms with Gasteiger partial charge in [0.15, 0.2) is 6.61 Å². The molecule has 14 nitrogen and oxygen atoms in total. The van der Waals surface area contributed by atoms with Crippen LogP contribution < -0.4 is 24.8 Å². The van der Waals surface area contributed by atoms with Gasteiger partial charge in [-0.15, -0.1) is 0 Å². The molecule has 5 rings (SSSR count). The van der Waals surface area contributed by atoms with Crippen molar-refractivity contribution in [2.45, 2.75) is 31.5 Å². The fourth-order valence-electron chi connectivity index (χ4n) is 5.05. The smallest absolute Gasteiger partial charge is 0.418 e. The minimum Gasteiger partial charge on any atom is -0.491 e. The van der Waals surface area contributed by atoms with Crippen molar-refractivity contribution in [3.63, 3.8) is 0 Å². The normalized spacial score (nSPS) is 15.7. The van der Waals surface area contributed by atoms with Gasteiger partial charge in [0.05, 0.1) is 42.7 Å². The fraction of sp³-hybridized carbons (Fsp3) is 0.353. The van der Waals surface area contributed by atoms with E-state index in [0.717, 1.165) is 11.0 Å². The van der Waals surface area contributed by atoms with E-state index in [4.69, 9.17) is 23.7 Å². The second-order valence-electron chi connectivity index (χ2n) is 11.2. The van der Waals surface area contributed by atoms with Gasteiger partial charge in [-0.3, -0.25) is 39.2 Å². The van der Waals surface area contributed by atoms with Crippen molar-refractivity contribution in [1.29, 1.82) is 0 Å². The van der Waals surface area contributed by atoms with Crippen LogP contribution in [0.25, 0.3) is 0 Å². The fourth-order valence-corrected chi connectivity index (χ4v) is 5.05. The molecule has 51 heavy (non-hydrogen) atoms. The lowest BCUT2D eigenvalue weighted by atomic mass is 10.0. The Morgan fingerprint density at radius 3 is 2.25 bits per heavy atom. The van der Waals surface area contributed by atoms with Gasteiger partial charge in [0.25, 0.3) is 17.7 Å². The Kier molecular flexibility index (Phi) is 12.2. The number of nitrogens with zero attached hydrogens (tertiary/aromatic N) is 2. The van der Waals surface area contributed by atoms with E-state index in [0.29, 0.717) is 50.5 Å². The van der Waals surface area contributed by atoms with Gasteiger partial charge in [-0.2, -0.15) is 13.2 Å². The Morgan fingerprint density at radius 1 is 0.824 bits per heavy atom. The first-order chi connectivity index (χ1) is 24.5. The van der Waals surface area contributed by atoms with Gasteiger partial charge in [-0.05, 0) is 61.4 Å². The van der Waals surface area contributed by atoms with Crippen molar-refractivity contribution in [1.82, 2.24) is 20.5 Å². The second-order valence-corrected chi connectivity index (χ2v) is 11.2. The van der Waals surface area contributed by atoms with E-state index in [-0.39, 0.29) is 61.2 Å². The Morgan fingerprint density at radius 2 is 1.51 bits per heavy atom. The zero-order chi connectivity index (χ0) is 36.4. The number of amides is 5. The van der Waals surface area contributed by atoms with E-state index >= 15 is 0 Å². The molecule has 2 aliphatic heterocycles. The topological polar surface area (TPSA) is 172 Å². The Hall–Kier alpha value is -5.55. The lowest BCUT2D eigenvalue weighted by Crippen LogP contribution is -2.54. The van der Waals surface area contributed by atoms with Gasteiger partial charge < -0.3 is 29.0 Å². The van der Waals surface area contributed by atoms with Gasteiger partial charge in [0, 0.05) is 25.8 Å². The molecule has 0 spiro atoms. The first kappa shape index (κ1) is 36.7. The van der Waals surface area contributed by atoms with Gasteiger partial charge in [0.2, 0.25) is 11.8 Å². The highest BCUT2D eigenvalue weighted by atomic mass is 19.4. The summed E-state index contributed by atoms with van der Waals surface area (Å²) >= 11 is 0. The largest absolute Gasteiger partial charge is 0.491 e. The minimum absolute atomic E-state index is 0.0375. The van der Waals surface area contributed by atoms with E-state index in [1.807, 2.05) is 0 Å². The number of ether oxygens (including phenoxy) is 5. The highest BCUT2D eigenvalue weighted by Crippen LogP contribution is 2.33. The molecule has 1 fully saturated rings. The summed E-state index contributed by atoms with van der Waals surface area (Å²) in [6.45, 7) is 1.50. The summed E-state index contributed by atoms with van der Waals surface area (Å²) < 4.78 is 66.0. The third kappa shape index (κ3) is 10.0. The molecule has 17 heteroatoms. The van der Waals surface area contributed by atoms with E-state index in [9.17, 15) is 37.1 Å². The van der Waals surface area contributed by atoms with Crippen LogP contribution in [0, 0.1) is 0 Å². The predicted molar refractivity (Wildman–Crippen MR) is 169 cm³/mol. The first-order valence-electron chi connectivity index (χ1n) is 15.8. The number of piperidine rings is 1. The quantitative estimate of drug-likeness (QED) is 0.155. The zero-order valence-electron chi connectivity index (χ0n) is 27.0. The molecule has 0 aliphatic carbocycles. The summed E-state index contributed by atoms with van der Waals surface area (Å²) in [5.74, 6) is -1.77. The molecule has 0 bridgehead atoms. The van der Waals surface area contributed by atoms with Crippen LogP contribution in [0.4, 0.5) is 13.2 Å². The molecule has 3 aromatic rings. The average Bonchev–Trinajstić information content (AvgIpc) is 3.34. The molecule has 0 saturated carbocycles. The summed E-state index contributed by atoms with van der Waals surface area (Å²) in [5.41, 5.74) is -0.643. The molecule has 0 radical (unpaired) electrons. The number of pyridine rings is 1. The Bertz CT molecular complexity index is 1750. The summed E-state index contributed by atoms with van der Waals surface area (Å²) in [5, 5.41) is 4.86. The molecule has 1 saturated heterocycles. The number of halogens is 3. The summed E-state index contributed by atoms with van der Waals surface area (Å²) in [4.78, 5) is 65.8. The van der Waals surface area contributed by atoms with Crippen molar-refractivity contribution in [3.05, 3.63) is 77.6 Å². The van der Waals surface area contributed by atoms with Crippen molar-refractivity contribution in [2.24, 2.45) is 0 Å². The number of imide groups is 2. The van der Waals surface area contributed by atoms with Crippen LogP contribution in [0.15, 0.2) is 60.9 Å². The van der Waals surface area contributed by atoms with E-state index in [1.165, 1.54) is 42.6 Å². The third-order valence-corrected chi connectivity index (χ3v) is 7.54. The lowest BCUT2D eigenvalue weighted by molar-refractivity contribution is -0.138. The predicted octanol–water partition coefficient (Wildman–Crippen LogP) is 3.29. The van der Waals surface area contributed by atoms with Crippen LogP contribution >= 0.6 is 0 Å². The van der Waals surface area contributed by atoms with Crippen molar-refractivity contribution >= 4 is 29.5 Å². The van der Waals surface area contributed by atoms with Crippen LogP contribution in [0.5, 0.6) is 23.0 Å². The molecular formula is C34H33F3N4O10. The number of alkyl halides is 3. The second kappa shape index (κ2) is 16.9. The van der Waals surface area contributed by atoms with E-state index in [2.05, 4.69) is 15.6 Å². The van der Waals surface area contributed by atoms with Gasteiger partial charge in [0.1, 0.15) is 35.6 Å². The first-order valence-corrected chi connectivity index (χ1v) is 15.8. The maximum Gasteiger partial charge on any atom is 0.418 e. The molecular weight excluding hydrogens is 681 g/mol. The van der Waals surface area contributed by atoms with Gasteiger partial charge in [-0.1, -0.05) is 0 Å². The number of benzene rings is 2. The monoisotopic (exact) mass is 714 g/mol. The molecule has 3 heterocycles. The zero-order valence-corrected chi connectivity index (χ0v) is 27.0. The van der Waals surface area contributed by atoms with Crippen LogP contribution in [0.2, 0.25) is 0 Å². The number of carbonyl (C=O) groups excluding carboxylic acids is 5. The van der Waals surface area contributed by atoms with Crippen molar-refractivity contribution in [3.8, 4) is 23.0 Å². The molecule has 2 aromatic carbocycles. The number of hydrogen-bond donors (Lipinski definition) is 2.